The molecule has 3 nitrogen and oxygen atoms in total. The maximum atomic E-state index is 11.8. The van der Waals surface area contributed by atoms with Crippen LogP contribution in [-0.4, -0.2) is 32.2 Å². The van der Waals surface area contributed by atoms with Crippen molar-refractivity contribution >= 4 is 5.78 Å². The van der Waals surface area contributed by atoms with Crippen LogP contribution in [0.25, 0.3) is 0 Å². The first-order chi connectivity index (χ1) is 6.86. The molecule has 0 N–H and O–H groups in total. The van der Waals surface area contributed by atoms with Gasteiger partial charge < -0.3 is 9.47 Å². The average molecular weight is 198 g/mol. The van der Waals surface area contributed by atoms with E-state index in [1.165, 1.54) is 0 Å². The van der Waals surface area contributed by atoms with Crippen LogP contribution in [0.4, 0.5) is 0 Å². The summed E-state index contributed by atoms with van der Waals surface area (Å²) in [6.45, 7) is 3.15. The molecule has 80 valence electrons. The first kappa shape index (κ1) is 10.1. The minimum Gasteiger partial charge on any atom is -0.381 e. The number of ether oxygens (including phenoxy) is 2. The van der Waals surface area contributed by atoms with Crippen molar-refractivity contribution in [3.63, 3.8) is 0 Å². The van der Waals surface area contributed by atoms with Crippen molar-refractivity contribution in [2.24, 2.45) is 11.8 Å². The van der Waals surface area contributed by atoms with Crippen molar-refractivity contribution in [1.29, 1.82) is 0 Å². The molecule has 3 heteroatoms. The maximum absolute atomic E-state index is 11.8. The molecule has 0 spiro atoms. The van der Waals surface area contributed by atoms with Crippen LogP contribution in [0.1, 0.15) is 25.7 Å². The van der Waals surface area contributed by atoms with Gasteiger partial charge in [-0.05, 0) is 25.2 Å². The van der Waals surface area contributed by atoms with E-state index in [4.69, 9.17) is 9.47 Å². The molecule has 0 aliphatic carbocycles. The monoisotopic (exact) mass is 198 g/mol. The van der Waals surface area contributed by atoms with Crippen LogP contribution < -0.4 is 0 Å². The van der Waals surface area contributed by atoms with Gasteiger partial charge in [-0.1, -0.05) is 0 Å². The van der Waals surface area contributed by atoms with E-state index in [-0.39, 0.29) is 5.92 Å². The summed E-state index contributed by atoms with van der Waals surface area (Å²) in [6, 6.07) is 0. The van der Waals surface area contributed by atoms with Crippen molar-refractivity contribution in [2.75, 3.05) is 26.4 Å². The maximum Gasteiger partial charge on any atom is 0.136 e. The van der Waals surface area contributed by atoms with Gasteiger partial charge in [-0.3, -0.25) is 4.79 Å². The predicted octanol–water partition coefficient (Wildman–Crippen LogP) is 1.41. The first-order valence-corrected chi connectivity index (χ1v) is 5.54. The van der Waals surface area contributed by atoms with Gasteiger partial charge in [-0.25, -0.2) is 0 Å². The highest BCUT2D eigenvalue weighted by Gasteiger charge is 2.25. The first-order valence-electron chi connectivity index (χ1n) is 5.54. The topological polar surface area (TPSA) is 35.5 Å². The van der Waals surface area contributed by atoms with Crippen LogP contribution in [-0.2, 0) is 14.3 Å². The molecule has 2 fully saturated rings. The fourth-order valence-corrected chi connectivity index (χ4v) is 2.22. The fourth-order valence-electron chi connectivity index (χ4n) is 2.22. The summed E-state index contributed by atoms with van der Waals surface area (Å²) >= 11 is 0. The third kappa shape index (κ3) is 2.55. The minimum absolute atomic E-state index is 0.268. The summed E-state index contributed by atoms with van der Waals surface area (Å²) in [7, 11) is 0. The van der Waals surface area contributed by atoms with Crippen molar-refractivity contribution in [2.45, 2.75) is 25.7 Å². The molecule has 1 atom stereocenters. The smallest absolute Gasteiger partial charge is 0.136 e. The normalized spacial score (nSPS) is 29.3. The zero-order valence-electron chi connectivity index (χ0n) is 8.54. The summed E-state index contributed by atoms with van der Waals surface area (Å²) in [5.41, 5.74) is 0. The number of hydrogen-bond donors (Lipinski definition) is 0. The van der Waals surface area contributed by atoms with E-state index in [0.717, 1.165) is 52.1 Å². The Labute approximate surface area is 84.8 Å². The van der Waals surface area contributed by atoms with Gasteiger partial charge in [-0.2, -0.15) is 0 Å². The second kappa shape index (κ2) is 4.89. The van der Waals surface area contributed by atoms with Crippen LogP contribution in [0.3, 0.4) is 0 Å². The van der Waals surface area contributed by atoms with Gasteiger partial charge in [0.05, 0.1) is 0 Å². The average Bonchev–Trinajstić information content (AvgIpc) is 2.72. The van der Waals surface area contributed by atoms with E-state index in [0.29, 0.717) is 11.7 Å². The van der Waals surface area contributed by atoms with E-state index in [1.807, 2.05) is 0 Å². The molecule has 2 rings (SSSR count). The van der Waals surface area contributed by atoms with Crippen molar-refractivity contribution < 1.29 is 14.3 Å². The standard InChI is InChI=1S/C11H18O3/c12-11(7-9-1-4-14-8-9)10-2-5-13-6-3-10/h9-10H,1-8H2. The lowest BCUT2D eigenvalue weighted by molar-refractivity contribution is -0.126. The van der Waals surface area contributed by atoms with Crippen LogP contribution in [0.2, 0.25) is 0 Å². The lowest BCUT2D eigenvalue weighted by Gasteiger charge is -2.21. The van der Waals surface area contributed by atoms with Crippen molar-refractivity contribution in [3.8, 4) is 0 Å². The molecule has 2 saturated heterocycles. The van der Waals surface area contributed by atoms with Crippen LogP contribution in [0, 0.1) is 11.8 Å². The molecule has 0 saturated carbocycles. The Hall–Kier alpha value is -0.410. The zero-order valence-corrected chi connectivity index (χ0v) is 8.54. The van der Waals surface area contributed by atoms with Crippen LogP contribution in [0.5, 0.6) is 0 Å². The molecule has 0 radical (unpaired) electrons. The molecule has 1 unspecified atom stereocenters. The molecule has 0 aromatic heterocycles. The number of Topliss-reactive ketones (excluding diaryl/α,β-unsaturated/α-hetero) is 1. The summed E-state index contributed by atoms with van der Waals surface area (Å²) in [5, 5.41) is 0. The molecule has 0 amide bonds. The lowest BCUT2D eigenvalue weighted by Crippen LogP contribution is -2.25. The van der Waals surface area contributed by atoms with Gasteiger partial charge in [0.25, 0.3) is 0 Å². The Kier molecular flexibility index (Phi) is 3.54. The van der Waals surface area contributed by atoms with E-state index in [1.54, 1.807) is 0 Å². The summed E-state index contributed by atoms with van der Waals surface area (Å²) in [4.78, 5) is 11.8. The third-order valence-electron chi connectivity index (χ3n) is 3.19. The molecule has 2 aliphatic heterocycles. The second-order valence-corrected chi connectivity index (χ2v) is 4.29. The fraction of sp³-hybridized carbons (Fsp3) is 0.909. The summed E-state index contributed by atoms with van der Waals surface area (Å²) < 4.78 is 10.5. The quantitative estimate of drug-likeness (QED) is 0.687. The molecule has 2 heterocycles. The van der Waals surface area contributed by atoms with E-state index < -0.39 is 0 Å². The SMILES string of the molecule is O=C(CC1CCOC1)C1CCOCC1. The lowest BCUT2D eigenvalue weighted by atomic mass is 9.89. The number of ketones is 1. The number of rotatable bonds is 3. The van der Waals surface area contributed by atoms with E-state index in [9.17, 15) is 4.79 Å². The van der Waals surface area contributed by atoms with Gasteiger partial charge in [0.2, 0.25) is 0 Å². The molecule has 0 aromatic carbocycles. The molecular weight excluding hydrogens is 180 g/mol. The highest BCUT2D eigenvalue weighted by atomic mass is 16.5. The van der Waals surface area contributed by atoms with Gasteiger partial charge in [0.15, 0.2) is 0 Å². The minimum atomic E-state index is 0.268. The van der Waals surface area contributed by atoms with Crippen molar-refractivity contribution in [3.05, 3.63) is 0 Å². The Bertz CT molecular complexity index is 191. The second-order valence-electron chi connectivity index (χ2n) is 4.29. The van der Waals surface area contributed by atoms with E-state index in [2.05, 4.69) is 0 Å². The molecule has 2 aliphatic rings. The highest BCUT2D eigenvalue weighted by molar-refractivity contribution is 5.81. The van der Waals surface area contributed by atoms with Gasteiger partial charge >= 0.3 is 0 Å². The summed E-state index contributed by atoms with van der Waals surface area (Å²) in [6.07, 6.45) is 3.64. The molecule has 0 aromatic rings. The summed E-state index contributed by atoms with van der Waals surface area (Å²) in [5.74, 6) is 1.19. The predicted molar refractivity (Wildman–Crippen MR) is 52.1 cm³/mol. The molecular formula is C11H18O3. The third-order valence-corrected chi connectivity index (χ3v) is 3.19. The Morgan fingerprint density at radius 1 is 1.07 bits per heavy atom. The van der Waals surface area contributed by atoms with E-state index >= 15 is 0 Å². The van der Waals surface area contributed by atoms with Crippen LogP contribution >= 0.6 is 0 Å². The highest BCUT2D eigenvalue weighted by Crippen LogP contribution is 2.23. The Morgan fingerprint density at radius 2 is 1.79 bits per heavy atom. The number of carbonyl (C=O) groups excluding carboxylic acids is 1. The Balaban J connectivity index is 1.75. The Morgan fingerprint density at radius 3 is 2.43 bits per heavy atom. The largest absolute Gasteiger partial charge is 0.381 e. The number of hydrogen-bond acceptors (Lipinski definition) is 3. The number of carbonyl (C=O) groups is 1. The molecule has 0 bridgehead atoms. The molecule has 14 heavy (non-hydrogen) atoms. The van der Waals surface area contributed by atoms with Gasteiger partial charge in [0.1, 0.15) is 5.78 Å². The zero-order chi connectivity index (χ0) is 9.80. The van der Waals surface area contributed by atoms with Gasteiger partial charge in [0, 0.05) is 38.8 Å². The van der Waals surface area contributed by atoms with Crippen LogP contribution in [0.15, 0.2) is 0 Å². The van der Waals surface area contributed by atoms with Gasteiger partial charge in [-0.15, -0.1) is 0 Å². The van der Waals surface area contributed by atoms with Crippen molar-refractivity contribution in [1.82, 2.24) is 0 Å².